The fourth-order valence-corrected chi connectivity index (χ4v) is 1.47. The van der Waals surface area contributed by atoms with Gasteiger partial charge in [0.05, 0.1) is 6.20 Å². The summed E-state index contributed by atoms with van der Waals surface area (Å²) in [5, 5.41) is 9.83. The van der Waals surface area contributed by atoms with E-state index in [2.05, 4.69) is 4.98 Å². The quantitative estimate of drug-likeness (QED) is 0.873. The largest absolute Gasteiger partial charge is 0.384 e. The average Bonchev–Trinajstić information content (AvgIpc) is 2.32. The fourth-order valence-electron chi connectivity index (χ4n) is 1.47. The first-order chi connectivity index (χ1) is 8.09. The number of nitrogens with zero attached hydrogens (tertiary/aromatic N) is 1. The molecule has 1 aromatic heterocycles. The van der Waals surface area contributed by atoms with E-state index in [9.17, 15) is 18.3 Å². The predicted octanol–water partition coefficient (Wildman–Crippen LogP) is 2.58. The smallest absolute Gasteiger partial charge is 0.159 e. The zero-order valence-electron chi connectivity index (χ0n) is 8.57. The molecule has 0 fully saturated rings. The van der Waals surface area contributed by atoms with Gasteiger partial charge in [0.25, 0.3) is 0 Å². The second-order valence-electron chi connectivity index (χ2n) is 3.47. The monoisotopic (exact) mass is 239 g/mol. The molecule has 1 unspecified atom stereocenters. The van der Waals surface area contributed by atoms with Crippen molar-refractivity contribution in [1.29, 1.82) is 0 Å². The highest BCUT2D eigenvalue weighted by molar-refractivity contribution is 5.29. The highest BCUT2D eigenvalue weighted by Gasteiger charge is 2.16. The zero-order valence-corrected chi connectivity index (χ0v) is 8.57. The van der Waals surface area contributed by atoms with Crippen LogP contribution in [0.4, 0.5) is 13.2 Å². The topological polar surface area (TPSA) is 33.1 Å². The van der Waals surface area contributed by atoms with Gasteiger partial charge in [0.15, 0.2) is 11.6 Å². The minimum atomic E-state index is -1.35. The molecule has 0 aliphatic heterocycles. The number of aromatic nitrogens is 1. The minimum absolute atomic E-state index is 0.0361. The third kappa shape index (κ3) is 2.29. The Morgan fingerprint density at radius 3 is 2.41 bits per heavy atom. The lowest BCUT2D eigenvalue weighted by molar-refractivity contribution is 0.214. The number of aliphatic hydroxyl groups excluding tert-OH is 1. The summed E-state index contributed by atoms with van der Waals surface area (Å²) in [6, 6.07) is 4.19. The maximum Gasteiger partial charge on any atom is 0.159 e. The van der Waals surface area contributed by atoms with Crippen LogP contribution in [0.5, 0.6) is 0 Å². The molecule has 1 atom stereocenters. The normalized spacial score (nSPS) is 12.5. The molecule has 2 rings (SSSR count). The third-order valence-electron chi connectivity index (χ3n) is 2.36. The van der Waals surface area contributed by atoms with Crippen molar-refractivity contribution in [3.05, 3.63) is 65.2 Å². The molecule has 1 heterocycles. The van der Waals surface area contributed by atoms with Gasteiger partial charge in [-0.1, -0.05) is 6.07 Å². The molecule has 1 N–H and O–H groups in total. The van der Waals surface area contributed by atoms with Gasteiger partial charge in [0, 0.05) is 11.8 Å². The number of hydrogen-bond donors (Lipinski definition) is 1. The molecular weight excluding hydrogens is 231 g/mol. The Labute approximate surface area is 95.4 Å². The van der Waals surface area contributed by atoms with E-state index >= 15 is 0 Å². The standard InChI is InChI=1S/C12H8F3NO/c13-9-2-1-7(5-10(9)14)12(17)8-3-4-16-6-11(8)15/h1-6,12,17H. The Balaban J connectivity index is 2.40. The van der Waals surface area contributed by atoms with Crippen LogP contribution in [0.1, 0.15) is 17.2 Å². The van der Waals surface area contributed by atoms with Crippen LogP contribution < -0.4 is 0 Å². The van der Waals surface area contributed by atoms with Crippen LogP contribution in [0.3, 0.4) is 0 Å². The van der Waals surface area contributed by atoms with Gasteiger partial charge in [0.1, 0.15) is 11.9 Å². The third-order valence-corrected chi connectivity index (χ3v) is 2.36. The van der Waals surface area contributed by atoms with Crippen molar-refractivity contribution in [2.75, 3.05) is 0 Å². The van der Waals surface area contributed by atoms with E-state index in [4.69, 9.17) is 0 Å². The molecule has 2 nitrogen and oxygen atoms in total. The number of benzene rings is 1. The Morgan fingerprint density at radius 1 is 1.00 bits per heavy atom. The predicted molar refractivity (Wildman–Crippen MR) is 54.6 cm³/mol. The molecule has 0 spiro atoms. The molecule has 88 valence electrons. The second kappa shape index (κ2) is 4.55. The van der Waals surface area contributed by atoms with Crippen LogP contribution in [0.25, 0.3) is 0 Å². The van der Waals surface area contributed by atoms with Crippen molar-refractivity contribution in [3.63, 3.8) is 0 Å². The summed E-state index contributed by atoms with van der Waals surface area (Å²) in [4.78, 5) is 3.53. The van der Waals surface area contributed by atoms with Crippen LogP contribution in [0, 0.1) is 17.5 Å². The molecule has 2 aromatic rings. The zero-order chi connectivity index (χ0) is 12.4. The Hall–Kier alpha value is -1.88. The highest BCUT2D eigenvalue weighted by Crippen LogP contribution is 2.24. The number of pyridine rings is 1. The molecule has 0 amide bonds. The van der Waals surface area contributed by atoms with Gasteiger partial charge in [-0.05, 0) is 23.8 Å². The van der Waals surface area contributed by atoms with E-state index in [0.29, 0.717) is 0 Å². The van der Waals surface area contributed by atoms with Gasteiger partial charge in [-0.25, -0.2) is 13.2 Å². The van der Waals surface area contributed by atoms with Crippen LogP contribution in [0.15, 0.2) is 36.7 Å². The van der Waals surface area contributed by atoms with Gasteiger partial charge >= 0.3 is 0 Å². The van der Waals surface area contributed by atoms with E-state index < -0.39 is 23.6 Å². The fraction of sp³-hybridized carbons (Fsp3) is 0.0833. The van der Waals surface area contributed by atoms with Crippen molar-refractivity contribution in [2.45, 2.75) is 6.10 Å². The molecule has 0 aliphatic rings. The molecule has 5 heteroatoms. The molecular formula is C12H8F3NO. The van der Waals surface area contributed by atoms with Gasteiger partial charge in [-0.15, -0.1) is 0 Å². The molecule has 1 aromatic carbocycles. The summed E-state index contributed by atoms with van der Waals surface area (Å²) in [7, 11) is 0. The van der Waals surface area contributed by atoms with Crippen LogP contribution >= 0.6 is 0 Å². The lowest BCUT2D eigenvalue weighted by Gasteiger charge is -2.12. The molecule has 0 saturated heterocycles. The number of aliphatic hydroxyl groups is 1. The first kappa shape index (κ1) is 11.6. The van der Waals surface area contributed by atoms with Crippen molar-refractivity contribution < 1.29 is 18.3 Å². The number of halogens is 3. The minimum Gasteiger partial charge on any atom is -0.384 e. The van der Waals surface area contributed by atoms with Crippen molar-refractivity contribution in [3.8, 4) is 0 Å². The van der Waals surface area contributed by atoms with Gasteiger partial charge in [0.2, 0.25) is 0 Å². The SMILES string of the molecule is OC(c1ccc(F)c(F)c1)c1ccncc1F. The number of rotatable bonds is 2. The lowest BCUT2D eigenvalue weighted by Crippen LogP contribution is -2.04. The first-order valence-corrected chi connectivity index (χ1v) is 4.82. The Morgan fingerprint density at radius 2 is 1.76 bits per heavy atom. The average molecular weight is 239 g/mol. The molecule has 0 radical (unpaired) electrons. The van der Waals surface area contributed by atoms with Crippen molar-refractivity contribution in [2.24, 2.45) is 0 Å². The summed E-state index contributed by atoms with van der Waals surface area (Å²) < 4.78 is 39.0. The van der Waals surface area contributed by atoms with Crippen LogP contribution in [0.2, 0.25) is 0 Å². The molecule has 17 heavy (non-hydrogen) atoms. The van der Waals surface area contributed by atoms with E-state index in [-0.39, 0.29) is 11.1 Å². The van der Waals surface area contributed by atoms with Crippen LogP contribution in [-0.2, 0) is 0 Å². The molecule has 0 aliphatic carbocycles. The Kier molecular flexibility index (Phi) is 3.10. The Bertz CT molecular complexity index is 545. The highest BCUT2D eigenvalue weighted by atomic mass is 19.2. The molecule has 0 bridgehead atoms. The lowest BCUT2D eigenvalue weighted by atomic mass is 10.0. The van der Waals surface area contributed by atoms with Crippen molar-refractivity contribution in [1.82, 2.24) is 4.98 Å². The second-order valence-corrected chi connectivity index (χ2v) is 3.47. The van der Waals surface area contributed by atoms with E-state index in [0.717, 1.165) is 18.3 Å². The van der Waals surface area contributed by atoms with Gasteiger partial charge in [-0.3, -0.25) is 4.98 Å². The van der Waals surface area contributed by atoms with Gasteiger partial charge < -0.3 is 5.11 Å². The maximum absolute atomic E-state index is 13.3. The summed E-state index contributed by atoms with van der Waals surface area (Å²) in [5.41, 5.74) is 0.0417. The van der Waals surface area contributed by atoms with E-state index in [1.54, 1.807) is 0 Å². The van der Waals surface area contributed by atoms with Crippen LogP contribution in [-0.4, -0.2) is 10.1 Å². The maximum atomic E-state index is 13.3. The summed E-state index contributed by atoms with van der Waals surface area (Å²) >= 11 is 0. The number of hydrogen-bond acceptors (Lipinski definition) is 2. The summed E-state index contributed by atoms with van der Waals surface area (Å²) in [6.45, 7) is 0. The van der Waals surface area contributed by atoms with E-state index in [1.807, 2.05) is 0 Å². The summed E-state index contributed by atoms with van der Waals surface area (Å²) in [5.74, 6) is -2.81. The van der Waals surface area contributed by atoms with Crippen molar-refractivity contribution >= 4 is 0 Å². The summed E-state index contributed by atoms with van der Waals surface area (Å²) in [6.07, 6.45) is 0.896. The first-order valence-electron chi connectivity index (χ1n) is 4.82. The van der Waals surface area contributed by atoms with Gasteiger partial charge in [-0.2, -0.15) is 0 Å². The molecule has 0 saturated carbocycles. The van der Waals surface area contributed by atoms with E-state index in [1.165, 1.54) is 18.3 Å².